The van der Waals surface area contributed by atoms with Gasteiger partial charge in [-0.1, -0.05) is 0 Å². The molecule has 1 aromatic carbocycles. The fourth-order valence-electron chi connectivity index (χ4n) is 2.93. The third-order valence-corrected chi connectivity index (χ3v) is 8.42. The fraction of sp³-hybridized carbons (Fsp3) is 0.375. The molecule has 1 aliphatic heterocycles. The molecule has 9 heteroatoms. The van der Waals surface area contributed by atoms with Crippen molar-refractivity contribution in [3.63, 3.8) is 0 Å². The van der Waals surface area contributed by atoms with Gasteiger partial charge in [0, 0.05) is 6.04 Å². The predicted molar refractivity (Wildman–Crippen MR) is 90.1 cm³/mol. The Bertz CT molecular complexity index is 968. The number of rotatable bonds is 5. The summed E-state index contributed by atoms with van der Waals surface area (Å²) in [5.41, 5.74) is 0.196. The van der Waals surface area contributed by atoms with Gasteiger partial charge in [-0.2, -0.15) is 0 Å². The van der Waals surface area contributed by atoms with Gasteiger partial charge < -0.3 is 9.73 Å². The van der Waals surface area contributed by atoms with Crippen LogP contribution >= 0.6 is 0 Å². The quantitative estimate of drug-likeness (QED) is 0.781. The van der Waals surface area contributed by atoms with Crippen LogP contribution in [0.3, 0.4) is 0 Å². The summed E-state index contributed by atoms with van der Waals surface area (Å²) < 4.78 is 68.5. The molecule has 0 bridgehead atoms. The van der Waals surface area contributed by atoms with Crippen molar-refractivity contribution in [2.24, 2.45) is 0 Å². The van der Waals surface area contributed by atoms with Crippen LogP contribution in [0.15, 0.2) is 45.9 Å². The zero-order valence-electron chi connectivity index (χ0n) is 13.5. The molecule has 0 amide bonds. The maximum absolute atomic E-state index is 13.4. The van der Waals surface area contributed by atoms with E-state index in [1.807, 2.05) is 0 Å². The average molecular weight is 387 g/mol. The van der Waals surface area contributed by atoms with Gasteiger partial charge in [0.25, 0.3) is 0 Å². The summed E-state index contributed by atoms with van der Waals surface area (Å²) in [6, 6.07) is 6.13. The van der Waals surface area contributed by atoms with Crippen molar-refractivity contribution >= 4 is 19.7 Å². The van der Waals surface area contributed by atoms with Gasteiger partial charge in [0.15, 0.2) is 19.7 Å². The molecule has 2 aromatic rings. The van der Waals surface area contributed by atoms with E-state index in [9.17, 15) is 21.2 Å². The van der Waals surface area contributed by atoms with Crippen LogP contribution in [0, 0.1) is 12.7 Å². The van der Waals surface area contributed by atoms with E-state index >= 15 is 0 Å². The normalized spacial score (nSPS) is 23.0. The highest BCUT2D eigenvalue weighted by Crippen LogP contribution is 2.27. The van der Waals surface area contributed by atoms with E-state index in [0.29, 0.717) is 5.76 Å². The summed E-state index contributed by atoms with van der Waals surface area (Å²) >= 11 is 0. The second-order valence-corrected chi connectivity index (χ2v) is 10.5. The molecule has 3 rings (SSSR count). The van der Waals surface area contributed by atoms with Crippen LogP contribution < -0.4 is 5.32 Å². The first-order chi connectivity index (χ1) is 11.7. The van der Waals surface area contributed by atoms with Crippen molar-refractivity contribution in [3.8, 4) is 0 Å². The van der Waals surface area contributed by atoms with Crippen molar-refractivity contribution in [2.75, 3.05) is 11.5 Å². The minimum Gasteiger partial charge on any atom is -0.468 e. The van der Waals surface area contributed by atoms with Crippen molar-refractivity contribution in [1.82, 2.24) is 5.32 Å². The first-order valence-corrected chi connectivity index (χ1v) is 11.0. The van der Waals surface area contributed by atoms with Crippen molar-refractivity contribution < 1.29 is 25.6 Å². The molecule has 1 N–H and O–H groups in total. The lowest BCUT2D eigenvalue weighted by Gasteiger charge is -2.19. The van der Waals surface area contributed by atoms with Gasteiger partial charge in [-0.15, -0.1) is 0 Å². The minimum absolute atomic E-state index is 0.0710. The molecule has 0 spiro atoms. The number of hydrogen-bond donors (Lipinski definition) is 1. The van der Waals surface area contributed by atoms with E-state index in [0.717, 1.165) is 6.07 Å². The molecular weight excluding hydrogens is 369 g/mol. The molecule has 0 unspecified atom stereocenters. The number of furan rings is 1. The number of sulfone groups is 2. The van der Waals surface area contributed by atoms with E-state index < -0.39 is 42.5 Å². The Balaban J connectivity index is 1.89. The average Bonchev–Trinajstić information content (AvgIpc) is 3.15. The van der Waals surface area contributed by atoms with Crippen LogP contribution in [-0.2, 0) is 26.2 Å². The summed E-state index contributed by atoms with van der Waals surface area (Å²) in [6.07, 6.45) is 1.48. The van der Waals surface area contributed by atoms with Crippen molar-refractivity contribution in [3.05, 3.63) is 53.7 Å². The van der Waals surface area contributed by atoms with E-state index in [1.165, 1.54) is 25.3 Å². The number of benzene rings is 1. The fourth-order valence-corrected chi connectivity index (χ4v) is 7.73. The second-order valence-electron chi connectivity index (χ2n) is 6.14. The van der Waals surface area contributed by atoms with E-state index in [1.54, 1.807) is 12.1 Å². The maximum Gasteiger partial charge on any atom is 0.183 e. The van der Waals surface area contributed by atoms with Crippen LogP contribution in [0.5, 0.6) is 0 Å². The van der Waals surface area contributed by atoms with Crippen molar-refractivity contribution in [2.45, 2.75) is 29.7 Å². The molecule has 0 radical (unpaired) electrons. The van der Waals surface area contributed by atoms with Gasteiger partial charge in [-0.05, 0) is 42.8 Å². The Morgan fingerprint density at radius 1 is 1.28 bits per heavy atom. The van der Waals surface area contributed by atoms with E-state index in [2.05, 4.69) is 5.32 Å². The minimum atomic E-state index is -3.93. The summed E-state index contributed by atoms with van der Waals surface area (Å²) in [4.78, 5) is -0.0710. The van der Waals surface area contributed by atoms with Crippen LogP contribution in [0.2, 0.25) is 0 Å². The lowest BCUT2D eigenvalue weighted by molar-refractivity contribution is 0.454. The van der Waals surface area contributed by atoms with Gasteiger partial charge in [0.1, 0.15) is 11.6 Å². The molecule has 6 nitrogen and oxygen atoms in total. The molecule has 25 heavy (non-hydrogen) atoms. The molecule has 2 heterocycles. The Hall–Kier alpha value is -1.71. The predicted octanol–water partition coefficient (Wildman–Crippen LogP) is 1.46. The molecule has 1 aliphatic rings. The SMILES string of the molecule is Cc1cc(S(=O)(=O)[C@@H]2CS(=O)(=O)C[C@H]2NCc2ccco2)ccc1F. The van der Waals surface area contributed by atoms with Gasteiger partial charge in [-0.25, -0.2) is 21.2 Å². The monoisotopic (exact) mass is 387 g/mol. The molecule has 1 fully saturated rings. The topological polar surface area (TPSA) is 93.5 Å². The summed E-state index contributed by atoms with van der Waals surface area (Å²) in [5, 5.41) is 1.84. The Morgan fingerprint density at radius 3 is 2.68 bits per heavy atom. The Kier molecular flexibility index (Phi) is 4.74. The lowest BCUT2D eigenvalue weighted by atomic mass is 10.2. The smallest absolute Gasteiger partial charge is 0.183 e. The molecule has 1 aromatic heterocycles. The van der Waals surface area contributed by atoms with Crippen molar-refractivity contribution in [1.29, 1.82) is 0 Å². The second kappa shape index (κ2) is 6.54. The third kappa shape index (κ3) is 3.78. The zero-order valence-corrected chi connectivity index (χ0v) is 15.1. The zero-order chi connectivity index (χ0) is 18.2. The first kappa shape index (κ1) is 18.1. The summed E-state index contributed by atoms with van der Waals surface area (Å²) in [5.74, 6) is -0.650. The first-order valence-electron chi connectivity index (χ1n) is 7.65. The Morgan fingerprint density at radius 2 is 2.04 bits per heavy atom. The van der Waals surface area contributed by atoms with Gasteiger partial charge in [-0.3, -0.25) is 0 Å². The number of aryl methyl sites for hydroxylation is 1. The highest BCUT2D eigenvalue weighted by atomic mass is 32.2. The largest absolute Gasteiger partial charge is 0.468 e. The lowest BCUT2D eigenvalue weighted by Crippen LogP contribution is -2.43. The van der Waals surface area contributed by atoms with E-state index in [4.69, 9.17) is 4.42 Å². The van der Waals surface area contributed by atoms with Gasteiger partial charge in [0.05, 0.1) is 34.5 Å². The van der Waals surface area contributed by atoms with Crippen LogP contribution in [-0.4, -0.2) is 39.6 Å². The molecule has 0 saturated carbocycles. The molecule has 0 aliphatic carbocycles. The molecule has 1 saturated heterocycles. The standard InChI is InChI=1S/C16H18FNO5S2/c1-11-7-13(4-5-14(11)17)25(21,22)16-10-24(19,20)9-15(16)18-8-12-3-2-6-23-12/h2-7,15-16,18H,8-10H2,1H3/t15-,16-/m1/s1. The highest BCUT2D eigenvalue weighted by Gasteiger charge is 2.45. The third-order valence-electron chi connectivity index (χ3n) is 4.28. The number of halogens is 1. The molecule has 136 valence electrons. The van der Waals surface area contributed by atoms with Crippen LogP contribution in [0.1, 0.15) is 11.3 Å². The molecular formula is C16H18FNO5S2. The van der Waals surface area contributed by atoms with Gasteiger partial charge >= 0.3 is 0 Å². The van der Waals surface area contributed by atoms with Crippen LogP contribution in [0.25, 0.3) is 0 Å². The maximum atomic E-state index is 13.4. The Labute approximate surface area is 145 Å². The number of hydrogen-bond acceptors (Lipinski definition) is 6. The molecule has 2 atom stereocenters. The van der Waals surface area contributed by atoms with Crippen LogP contribution in [0.4, 0.5) is 4.39 Å². The van der Waals surface area contributed by atoms with Gasteiger partial charge in [0.2, 0.25) is 0 Å². The van der Waals surface area contributed by atoms with E-state index in [-0.39, 0.29) is 22.8 Å². The summed E-state index contributed by atoms with van der Waals surface area (Å²) in [7, 11) is -7.42. The summed E-state index contributed by atoms with van der Waals surface area (Å²) in [6.45, 7) is 1.69. The number of nitrogens with one attached hydrogen (secondary N) is 1. The highest BCUT2D eigenvalue weighted by molar-refractivity contribution is 7.96.